The molecule has 7 heteroatoms. The van der Waals surface area contributed by atoms with Gasteiger partial charge in [-0.2, -0.15) is 8.42 Å². The number of phenolic OH excluding ortho intramolecular Hbond substituents is 1. The van der Waals surface area contributed by atoms with E-state index in [-0.39, 0.29) is 10.6 Å². The minimum Gasteiger partial charge on any atom is -0.507 e. The van der Waals surface area contributed by atoms with Crippen LogP contribution in [0, 0.1) is 3.57 Å². The van der Waals surface area contributed by atoms with Crippen LogP contribution in [0.1, 0.15) is 5.56 Å². The summed E-state index contributed by atoms with van der Waals surface area (Å²) in [6.07, 6.45) is 0. The highest BCUT2D eigenvalue weighted by atomic mass is 127. The van der Waals surface area contributed by atoms with Gasteiger partial charge in [0.05, 0.1) is 4.90 Å². The standard InChI is InChI=1S/C17H14INO4S/c18-16-4-2-1-3-11(16)10-19-13-5-6-15-12(7-13)8-14(9-17(15)20)24(21,22)23/h1-9,19-20H,10H2,(H,21,22,23). The van der Waals surface area contributed by atoms with Crippen LogP contribution in [-0.4, -0.2) is 18.1 Å². The van der Waals surface area contributed by atoms with Crippen molar-refractivity contribution in [2.45, 2.75) is 11.4 Å². The van der Waals surface area contributed by atoms with E-state index in [9.17, 15) is 13.5 Å². The number of rotatable bonds is 4. The third-order valence-corrected chi connectivity index (χ3v) is 5.53. The van der Waals surface area contributed by atoms with Crippen molar-refractivity contribution in [2.24, 2.45) is 0 Å². The number of halogens is 1. The van der Waals surface area contributed by atoms with Crippen molar-refractivity contribution >= 4 is 49.2 Å². The Kier molecular flexibility index (Phi) is 4.66. The molecule has 0 bridgehead atoms. The van der Waals surface area contributed by atoms with Gasteiger partial charge < -0.3 is 10.4 Å². The molecule has 0 radical (unpaired) electrons. The summed E-state index contributed by atoms with van der Waals surface area (Å²) in [5.41, 5.74) is 1.93. The van der Waals surface area contributed by atoms with E-state index in [1.165, 1.54) is 6.07 Å². The summed E-state index contributed by atoms with van der Waals surface area (Å²) in [6, 6.07) is 15.6. The van der Waals surface area contributed by atoms with E-state index >= 15 is 0 Å². The number of hydrogen-bond donors (Lipinski definition) is 3. The van der Waals surface area contributed by atoms with Crippen molar-refractivity contribution in [3.8, 4) is 5.75 Å². The Morgan fingerprint density at radius 3 is 2.50 bits per heavy atom. The Morgan fingerprint density at radius 2 is 1.79 bits per heavy atom. The fraction of sp³-hybridized carbons (Fsp3) is 0.0588. The zero-order chi connectivity index (χ0) is 17.3. The Labute approximate surface area is 153 Å². The maximum Gasteiger partial charge on any atom is 0.294 e. The predicted octanol–water partition coefficient (Wildman–Crippen LogP) is 4.01. The van der Waals surface area contributed by atoms with Crippen molar-refractivity contribution in [3.05, 3.63) is 63.7 Å². The number of fused-ring (bicyclic) bond motifs is 1. The van der Waals surface area contributed by atoms with Gasteiger partial charge in [0, 0.05) is 27.3 Å². The normalized spacial score (nSPS) is 11.6. The summed E-state index contributed by atoms with van der Waals surface area (Å²) in [5.74, 6) is -0.190. The zero-order valence-corrected chi connectivity index (χ0v) is 15.4. The lowest BCUT2D eigenvalue weighted by Gasteiger charge is -2.10. The molecule has 0 heterocycles. The molecule has 3 rings (SSSR count). The number of hydrogen-bond acceptors (Lipinski definition) is 4. The molecule has 3 N–H and O–H groups in total. The Bertz CT molecular complexity index is 1020. The van der Waals surface area contributed by atoms with Crippen LogP contribution in [0.2, 0.25) is 0 Å². The number of anilines is 1. The van der Waals surface area contributed by atoms with Gasteiger partial charge in [-0.15, -0.1) is 0 Å². The first-order valence-electron chi connectivity index (χ1n) is 7.06. The van der Waals surface area contributed by atoms with Gasteiger partial charge in [0.25, 0.3) is 10.1 Å². The quantitative estimate of drug-likeness (QED) is 0.409. The van der Waals surface area contributed by atoms with Gasteiger partial charge in [-0.25, -0.2) is 0 Å². The first-order chi connectivity index (χ1) is 11.3. The lowest BCUT2D eigenvalue weighted by Crippen LogP contribution is -2.01. The van der Waals surface area contributed by atoms with E-state index in [4.69, 9.17) is 4.55 Å². The minimum absolute atomic E-state index is 0.190. The highest BCUT2D eigenvalue weighted by Crippen LogP contribution is 2.30. The topological polar surface area (TPSA) is 86.6 Å². The number of benzene rings is 3. The van der Waals surface area contributed by atoms with Crippen LogP contribution in [-0.2, 0) is 16.7 Å². The molecule has 0 spiro atoms. The summed E-state index contributed by atoms with van der Waals surface area (Å²) in [4.78, 5) is -0.331. The van der Waals surface area contributed by atoms with Gasteiger partial charge in [-0.1, -0.05) is 18.2 Å². The highest BCUT2D eigenvalue weighted by Gasteiger charge is 2.13. The monoisotopic (exact) mass is 455 g/mol. The van der Waals surface area contributed by atoms with Gasteiger partial charge >= 0.3 is 0 Å². The minimum atomic E-state index is -4.37. The molecule has 124 valence electrons. The highest BCUT2D eigenvalue weighted by molar-refractivity contribution is 14.1. The van der Waals surface area contributed by atoms with Crippen molar-refractivity contribution in [2.75, 3.05) is 5.32 Å². The van der Waals surface area contributed by atoms with Gasteiger partial charge in [0.1, 0.15) is 5.75 Å². The van der Waals surface area contributed by atoms with E-state index in [0.717, 1.165) is 20.9 Å². The van der Waals surface area contributed by atoms with Gasteiger partial charge in [0.2, 0.25) is 0 Å². The summed E-state index contributed by atoms with van der Waals surface area (Å²) >= 11 is 2.27. The maximum absolute atomic E-state index is 11.3. The first kappa shape index (κ1) is 17.0. The SMILES string of the molecule is O=S(=O)(O)c1cc(O)c2ccc(NCc3ccccc3I)cc2c1. The van der Waals surface area contributed by atoms with Gasteiger partial charge in [-0.3, -0.25) is 4.55 Å². The van der Waals surface area contributed by atoms with Crippen LogP contribution >= 0.6 is 22.6 Å². The summed E-state index contributed by atoms with van der Waals surface area (Å²) in [5, 5.41) is 14.3. The zero-order valence-electron chi connectivity index (χ0n) is 12.4. The van der Waals surface area contributed by atoms with Crippen LogP contribution in [0.4, 0.5) is 5.69 Å². The lowest BCUT2D eigenvalue weighted by atomic mass is 10.1. The second-order valence-corrected chi connectivity index (χ2v) is 7.88. The van der Waals surface area contributed by atoms with E-state index < -0.39 is 10.1 Å². The van der Waals surface area contributed by atoms with Crippen LogP contribution in [0.3, 0.4) is 0 Å². The first-order valence-corrected chi connectivity index (χ1v) is 9.58. The van der Waals surface area contributed by atoms with Crippen LogP contribution < -0.4 is 5.32 Å². The smallest absolute Gasteiger partial charge is 0.294 e. The Hall–Kier alpha value is -1.84. The van der Waals surface area contributed by atoms with E-state index in [1.54, 1.807) is 12.1 Å². The van der Waals surface area contributed by atoms with Crippen molar-refractivity contribution in [1.29, 1.82) is 0 Å². The molecule has 0 aliphatic rings. The summed E-state index contributed by atoms with van der Waals surface area (Å²) in [7, 11) is -4.37. The Balaban J connectivity index is 1.94. The van der Waals surface area contributed by atoms with Gasteiger partial charge in [0.15, 0.2) is 0 Å². The molecule has 0 saturated carbocycles. The predicted molar refractivity (Wildman–Crippen MR) is 102 cm³/mol. The van der Waals surface area contributed by atoms with Gasteiger partial charge in [-0.05, 0) is 63.9 Å². The third-order valence-electron chi connectivity index (χ3n) is 3.64. The molecule has 3 aromatic rings. The molecule has 3 aromatic carbocycles. The second kappa shape index (κ2) is 6.58. The molecule has 0 saturated heterocycles. The molecule has 24 heavy (non-hydrogen) atoms. The Morgan fingerprint density at radius 1 is 1.04 bits per heavy atom. The molecule has 0 aliphatic carbocycles. The fourth-order valence-electron chi connectivity index (χ4n) is 2.42. The van der Waals surface area contributed by atoms with E-state index in [0.29, 0.717) is 17.3 Å². The van der Waals surface area contributed by atoms with Crippen molar-refractivity contribution in [1.82, 2.24) is 0 Å². The molecule has 5 nitrogen and oxygen atoms in total. The van der Waals surface area contributed by atoms with Crippen LogP contribution in [0.5, 0.6) is 5.75 Å². The molecule has 0 aromatic heterocycles. The molecule has 0 amide bonds. The average Bonchev–Trinajstić information content (AvgIpc) is 2.53. The van der Waals surface area contributed by atoms with Crippen LogP contribution in [0.15, 0.2) is 59.5 Å². The number of nitrogens with one attached hydrogen (secondary N) is 1. The largest absolute Gasteiger partial charge is 0.507 e. The molecule has 0 fully saturated rings. The molecule has 0 aliphatic heterocycles. The number of aromatic hydroxyl groups is 1. The number of phenols is 1. The van der Waals surface area contributed by atoms with Crippen molar-refractivity contribution in [3.63, 3.8) is 0 Å². The molecule has 0 unspecified atom stereocenters. The summed E-state index contributed by atoms with van der Waals surface area (Å²) in [6.45, 7) is 0.620. The van der Waals surface area contributed by atoms with Crippen molar-refractivity contribution < 1.29 is 18.1 Å². The van der Waals surface area contributed by atoms with Crippen LogP contribution in [0.25, 0.3) is 10.8 Å². The lowest BCUT2D eigenvalue weighted by molar-refractivity contribution is 0.471. The van der Waals surface area contributed by atoms with E-state index in [2.05, 4.69) is 27.9 Å². The fourth-order valence-corrected chi connectivity index (χ4v) is 3.54. The van der Waals surface area contributed by atoms with E-state index in [1.807, 2.05) is 30.3 Å². The summed E-state index contributed by atoms with van der Waals surface area (Å²) < 4.78 is 32.9. The molecule has 0 atom stereocenters. The molecular weight excluding hydrogens is 441 g/mol. The second-order valence-electron chi connectivity index (χ2n) is 5.30. The third kappa shape index (κ3) is 3.63. The average molecular weight is 455 g/mol. The molecular formula is C17H14INO4S. The maximum atomic E-state index is 11.3.